The second kappa shape index (κ2) is 8.82. The minimum absolute atomic E-state index is 0.131. The first-order valence-corrected chi connectivity index (χ1v) is 5.48. The van der Waals surface area contributed by atoms with E-state index in [1.165, 1.54) is 0 Å². The first-order chi connectivity index (χ1) is 9.23. The van der Waals surface area contributed by atoms with Crippen LogP contribution in [-0.2, 0) is 23.9 Å². The fraction of sp³-hybridized carbons (Fsp3) is 0.600. The van der Waals surface area contributed by atoms with E-state index in [0.717, 1.165) is 0 Å². The molecule has 2 unspecified atom stereocenters. The lowest BCUT2D eigenvalue weighted by Gasteiger charge is -2.14. The van der Waals surface area contributed by atoms with Crippen LogP contribution in [0.15, 0.2) is 0 Å². The molecule has 0 aromatic heterocycles. The predicted molar refractivity (Wildman–Crippen MR) is 61.3 cm³/mol. The minimum Gasteiger partial charge on any atom is -0.481 e. The first-order valence-electron chi connectivity index (χ1n) is 5.48. The minimum atomic E-state index is -1.54. The highest BCUT2D eigenvalue weighted by molar-refractivity contribution is 5.80. The van der Waals surface area contributed by atoms with Crippen LogP contribution in [0.3, 0.4) is 0 Å². The van der Waals surface area contributed by atoms with Crippen LogP contribution in [-0.4, -0.2) is 69.6 Å². The Labute approximate surface area is 113 Å². The molecule has 0 saturated carbocycles. The molecule has 10 heteroatoms. The van der Waals surface area contributed by atoms with Gasteiger partial charge in [0.2, 0.25) is 0 Å². The highest BCUT2D eigenvalue weighted by atomic mass is 16.5. The average Bonchev–Trinajstić information content (AvgIpc) is 2.29. The molecule has 114 valence electrons. The maximum Gasteiger partial charge on any atom is 0.333 e. The zero-order chi connectivity index (χ0) is 15.7. The summed E-state index contributed by atoms with van der Waals surface area (Å²) in [6, 6.07) is -1.33. The van der Waals surface area contributed by atoms with Gasteiger partial charge in [-0.2, -0.15) is 0 Å². The van der Waals surface area contributed by atoms with Gasteiger partial charge in [-0.3, -0.25) is 14.4 Å². The van der Waals surface area contributed by atoms with E-state index in [2.05, 4.69) is 5.32 Å². The average molecular weight is 293 g/mol. The third kappa shape index (κ3) is 8.00. The van der Waals surface area contributed by atoms with Crippen molar-refractivity contribution in [3.63, 3.8) is 0 Å². The SMILES string of the molecule is O=C(O)CC(NCCOC(CC(=O)O)C(=O)O)C(=O)O. The third-order valence-corrected chi connectivity index (χ3v) is 2.12. The van der Waals surface area contributed by atoms with Gasteiger partial charge in [-0.25, -0.2) is 4.79 Å². The van der Waals surface area contributed by atoms with Crippen LogP contribution < -0.4 is 5.32 Å². The summed E-state index contributed by atoms with van der Waals surface area (Å²) in [6.45, 7) is -0.401. The molecule has 0 amide bonds. The van der Waals surface area contributed by atoms with E-state index in [1.54, 1.807) is 0 Å². The molecule has 0 bridgehead atoms. The molecule has 0 spiro atoms. The molecular formula is C10H15NO9. The first kappa shape index (κ1) is 17.8. The van der Waals surface area contributed by atoms with Crippen LogP contribution in [0, 0.1) is 0 Å². The standard InChI is InChI=1S/C10H15NO9/c12-7(13)3-5(9(16)17)11-1-2-20-6(10(18)19)4-8(14)15/h5-6,11H,1-4H2,(H,12,13)(H,14,15)(H,16,17)(H,18,19). The van der Waals surface area contributed by atoms with E-state index in [1.807, 2.05) is 0 Å². The molecule has 20 heavy (non-hydrogen) atoms. The van der Waals surface area contributed by atoms with Crippen molar-refractivity contribution in [3.05, 3.63) is 0 Å². The molecule has 0 aliphatic carbocycles. The quantitative estimate of drug-likeness (QED) is 0.281. The molecule has 0 rings (SSSR count). The predicted octanol–water partition coefficient (Wildman–Crippen LogP) is -1.55. The monoisotopic (exact) mass is 293 g/mol. The number of aliphatic carboxylic acids is 4. The van der Waals surface area contributed by atoms with Crippen LogP contribution in [0.25, 0.3) is 0 Å². The summed E-state index contributed by atoms with van der Waals surface area (Å²) in [5.74, 6) is -5.47. The van der Waals surface area contributed by atoms with Gasteiger partial charge in [-0.15, -0.1) is 0 Å². The van der Waals surface area contributed by atoms with Crippen molar-refractivity contribution >= 4 is 23.9 Å². The van der Waals surface area contributed by atoms with E-state index in [0.29, 0.717) is 0 Å². The topological polar surface area (TPSA) is 170 Å². The molecule has 0 aromatic carbocycles. The lowest BCUT2D eigenvalue weighted by Crippen LogP contribution is -2.41. The van der Waals surface area contributed by atoms with Gasteiger partial charge in [-0.05, 0) is 0 Å². The fourth-order valence-electron chi connectivity index (χ4n) is 1.23. The van der Waals surface area contributed by atoms with Crippen molar-refractivity contribution < 1.29 is 44.3 Å². The summed E-state index contributed by atoms with van der Waals surface area (Å²) in [6.07, 6.45) is -2.92. The largest absolute Gasteiger partial charge is 0.481 e. The lowest BCUT2D eigenvalue weighted by atomic mass is 10.2. The molecule has 0 radical (unpaired) electrons. The van der Waals surface area contributed by atoms with E-state index in [-0.39, 0.29) is 13.2 Å². The van der Waals surface area contributed by atoms with Crippen molar-refractivity contribution in [2.45, 2.75) is 25.0 Å². The molecule has 10 nitrogen and oxygen atoms in total. The number of rotatable bonds is 11. The smallest absolute Gasteiger partial charge is 0.333 e. The Balaban J connectivity index is 4.13. The number of ether oxygens (including phenoxy) is 1. The highest BCUT2D eigenvalue weighted by Gasteiger charge is 2.23. The number of carbonyl (C=O) groups is 4. The van der Waals surface area contributed by atoms with Crippen molar-refractivity contribution in [2.24, 2.45) is 0 Å². The molecule has 0 heterocycles. The Bertz CT molecular complexity index is 345. The molecule has 2 atom stereocenters. The molecule has 0 aliphatic rings. The van der Waals surface area contributed by atoms with E-state index >= 15 is 0 Å². The highest BCUT2D eigenvalue weighted by Crippen LogP contribution is 1.99. The third-order valence-electron chi connectivity index (χ3n) is 2.12. The Kier molecular flexibility index (Phi) is 7.85. The molecular weight excluding hydrogens is 278 g/mol. The fourth-order valence-corrected chi connectivity index (χ4v) is 1.23. The molecule has 0 saturated heterocycles. The van der Waals surface area contributed by atoms with Gasteiger partial charge in [0.1, 0.15) is 6.04 Å². The van der Waals surface area contributed by atoms with Crippen molar-refractivity contribution in [3.8, 4) is 0 Å². The van der Waals surface area contributed by atoms with Crippen LogP contribution >= 0.6 is 0 Å². The molecule has 0 aliphatic heterocycles. The number of carboxylic acid groups (broad SMARTS) is 4. The summed E-state index contributed by atoms with van der Waals surface area (Å²) < 4.78 is 4.77. The summed E-state index contributed by atoms with van der Waals surface area (Å²) >= 11 is 0. The zero-order valence-electron chi connectivity index (χ0n) is 10.3. The number of nitrogens with one attached hydrogen (secondary N) is 1. The van der Waals surface area contributed by atoms with Crippen molar-refractivity contribution in [2.75, 3.05) is 13.2 Å². The van der Waals surface area contributed by atoms with E-state index < -0.39 is 48.9 Å². The van der Waals surface area contributed by atoms with E-state index in [4.69, 9.17) is 25.2 Å². The van der Waals surface area contributed by atoms with Crippen LogP contribution in [0.4, 0.5) is 0 Å². The summed E-state index contributed by atoms with van der Waals surface area (Å²) in [5.41, 5.74) is 0. The van der Waals surface area contributed by atoms with Gasteiger partial charge in [0, 0.05) is 6.54 Å². The van der Waals surface area contributed by atoms with Crippen molar-refractivity contribution in [1.82, 2.24) is 5.32 Å². The maximum absolute atomic E-state index is 10.7. The molecule has 5 N–H and O–H groups in total. The van der Waals surface area contributed by atoms with Gasteiger partial charge >= 0.3 is 23.9 Å². The number of hydrogen-bond donors (Lipinski definition) is 5. The van der Waals surface area contributed by atoms with E-state index in [9.17, 15) is 19.2 Å². The summed E-state index contributed by atoms with van der Waals surface area (Å²) in [7, 11) is 0. The van der Waals surface area contributed by atoms with Crippen molar-refractivity contribution in [1.29, 1.82) is 0 Å². The van der Waals surface area contributed by atoms with Gasteiger partial charge in [0.05, 0.1) is 19.4 Å². The normalized spacial score (nSPS) is 13.4. The van der Waals surface area contributed by atoms with Crippen LogP contribution in [0.2, 0.25) is 0 Å². The molecule has 0 fully saturated rings. The van der Waals surface area contributed by atoms with Gasteiger partial charge in [0.15, 0.2) is 6.10 Å². The zero-order valence-corrected chi connectivity index (χ0v) is 10.3. The summed E-state index contributed by atoms with van der Waals surface area (Å²) in [5, 5.41) is 36.6. The Hall–Kier alpha value is -2.20. The van der Waals surface area contributed by atoms with Crippen LogP contribution in [0.1, 0.15) is 12.8 Å². The van der Waals surface area contributed by atoms with Crippen LogP contribution in [0.5, 0.6) is 0 Å². The second-order valence-corrected chi connectivity index (χ2v) is 3.74. The Morgan fingerprint density at radius 3 is 1.85 bits per heavy atom. The number of hydrogen-bond acceptors (Lipinski definition) is 6. The lowest BCUT2D eigenvalue weighted by molar-refractivity contribution is -0.156. The number of carboxylic acids is 4. The maximum atomic E-state index is 10.7. The molecule has 0 aromatic rings. The Morgan fingerprint density at radius 1 is 0.900 bits per heavy atom. The summed E-state index contributed by atoms with van der Waals surface area (Å²) in [4.78, 5) is 42.1. The van der Waals surface area contributed by atoms with Gasteiger partial charge < -0.3 is 30.5 Å². The van der Waals surface area contributed by atoms with Gasteiger partial charge in [0.25, 0.3) is 0 Å². The Morgan fingerprint density at radius 2 is 1.45 bits per heavy atom. The second-order valence-electron chi connectivity index (χ2n) is 3.74. The van der Waals surface area contributed by atoms with Gasteiger partial charge in [-0.1, -0.05) is 0 Å².